The first-order valence-electron chi connectivity index (χ1n) is 11.5. The van der Waals surface area contributed by atoms with Gasteiger partial charge in [0.2, 0.25) is 5.91 Å². The molecule has 0 saturated carbocycles. The number of hydrogen-bond acceptors (Lipinski definition) is 2. The summed E-state index contributed by atoms with van der Waals surface area (Å²) >= 11 is 0. The normalized spacial score (nSPS) is 21.3. The maximum atomic E-state index is 12.4. The predicted molar refractivity (Wildman–Crippen MR) is 114 cm³/mol. The molecule has 0 aromatic heterocycles. The number of amides is 1. The maximum absolute atomic E-state index is 12.4. The topological polar surface area (TPSA) is 23.6 Å². The lowest BCUT2D eigenvalue weighted by Gasteiger charge is -2.54. The molecule has 2 atom stereocenters. The maximum Gasteiger partial charge on any atom is 0.225 e. The van der Waals surface area contributed by atoms with E-state index in [1.807, 2.05) is 0 Å². The van der Waals surface area contributed by atoms with E-state index >= 15 is 0 Å². The fourth-order valence-electron chi connectivity index (χ4n) is 4.61. The van der Waals surface area contributed by atoms with Crippen LogP contribution in [0.5, 0.6) is 0 Å². The number of hydrogen-bond donors (Lipinski definition) is 0. The molecular formula is C24H42N2O. The summed E-state index contributed by atoms with van der Waals surface area (Å²) in [7, 11) is 0. The van der Waals surface area contributed by atoms with E-state index in [4.69, 9.17) is 0 Å². The van der Waals surface area contributed by atoms with Gasteiger partial charge in [-0.25, -0.2) is 0 Å². The minimum atomic E-state index is 0.201. The highest BCUT2D eigenvalue weighted by atomic mass is 16.2. The summed E-state index contributed by atoms with van der Waals surface area (Å²) < 4.78 is 0. The molecule has 2 heterocycles. The van der Waals surface area contributed by atoms with Gasteiger partial charge in [-0.2, -0.15) is 0 Å². The average molecular weight is 375 g/mol. The molecule has 3 heteroatoms. The van der Waals surface area contributed by atoms with Crippen molar-refractivity contribution in [2.45, 2.75) is 85.5 Å². The Bertz CT molecular complexity index is 502. The van der Waals surface area contributed by atoms with Gasteiger partial charge in [0.15, 0.2) is 0 Å². The third-order valence-electron chi connectivity index (χ3n) is 6.68. The minimum Gasteiger partial charge on any atom is -0.341 e. The van der Waals surface area contributed by atoms with Gasteiger partial charge in [-0.1, -0.05) is 65.2 Å². The van der Waals surface area contributed by atoms with Crippen molar-refractivity contribution in [2.24, 2.45) is 17.3 Å². The van der Waals surface area contributed by atoms with Gasteiger partial charge in [-0.05, 0) is 45.2 Å². The quantitative estimate of drug-likeness (QED) is 0.421. The molecule has 0 N–H and O–H groups in total. The van der Waals surface area contributed by atoms with Crippen LogP contribution in [0.15, 0.2) is 0 Å². The Kier molecular flexibility index (Phi) is 9.16. The summed E-state index contributed by atoms with van der Waals surface area (Å²) in [5.74, 6) is 8.16. The Morgan fingerprint density at radius 1 is 1.04 bits per heavy atom. The van der Waals surface area contributed by atoms with Crippen molar-refractivity contribution in [3.63, 3.8) is 0 Å². The number of rotatable bonds is 9. The second-order valence-corrected chi connectivity index (χ2v) is 9.08. The fraction of sp³-hybridized carbons (Fsp3) is 0.875. The van der Waals surface area contributed by atoms with E-state index in [0.29, 0.717) is 17.2 Å². The van der Waals surface area contributed by atoms with E-state index in [0.717, 1.165) is 45.6 Å². The van der Waals surface area contributed by atoms with Crippen molar-refractivity contribution in [3.8, 4) is 11.8 Å². The zero-order chi connectivity index (χ0) is 19.7. The molecule has 0 aromatic rings. The molecule has 2 aliphatic rings. The summed E-state index contributed by atoms with van der Waals surface area (Å²) in [6.07, 6.45) is 11.0. The van der Waals surface area contributed by atoms with Crippen molar-refractivity contribution in [1.29, 1.82) is 0 Å². The number of nitrogens with zero attached hydrogens (tertiary/aromatic N) is 2. The van der Waals surface area contributed by atoms with Crippen LogP contribution in [0.1, 0.15) is 85.5 Å². The summed E-state index contributed by atoms with van der Waals surface area (Å²) in [5, 5.41) is 0. The molecule has 2 aliphatic heterocycles. The van der Waals surface area contributed by atoms with Crippen LogP contribution in [0.4, 0.5) is 0 Å². The number of likely N-dealkylation sites (tertiary alicyclic amines) is 2. The highest BCUT2D eigenvalue weighted by Gasteiger charge is 2.46. The first-order valence-corrected chi connectivity index (χ1v) is 11.5. The van der Waals surface area contributed by atoms with Crippen molar-refractivity contribution in [3.05, 3.63) is 0 Å². The van der Waals surface area contributed by atoms with Crippen LogP contribution >= 0.6 is 0 Å². The van der Waals surface area contributed by atoms with Gasteiger partial charge in [0.1, 0.15) is 0 Å². The number of piperidine rings is 1. The van der Waals surface area contributed by atoms with E-state index in [-0.39, 0.29) is 5.92 Å². The van der Waals surface area contributed by atoms with Crippen molar-refractivity contribution < 1.29 is 4.79 Å². The highest BCUT2D eigenvalue weighted by Crippen LogP contribution is 2.41. The molecule has 0 bridgehead atoms. The minimum absolute atomic E-state index is 0.201. The standard InChI is InChI=1S/C24H42N2O/c1-5-8-9-12-22(7-3)13-10-16-25-17-14-24(15-18-25)19-26(20-24)23(27)21(4)11-6-2/h21-22H,5-9,11-12,14-20H2,1-4H3. The third-order valence-corrected chi connectivity index (χ3v) is 6.68. The van der Waals surface area contributed by atoms with Gasteiger partial charge in [0, 0.05) is 30.3 Å². The second-order valence-electron chi connectivity index (χ2n) is 9.08. The van der Waals surface area contributed by atoms with Crippen LogP contribution < -0.4 is 0 Å². The lowest BCUT2D eigenvalue weighted by atomic mass is 9.71. The molecule has 0 radical (unpaired) electrons. The van der Waals surface area contributed by atoms with Crippen LogP contribution in [-0.4, -0.2) is 48.4 Å². The molecule has 3 nitrogen and oxygen atoms in total. The van der Waals surface area contributed by atoms with E-state index in [1.165, 1.54) is 44.9 Å². The second kappa shape index (κ2) is 11.1. The fourth-order valence-corrected chi connectivity index (χ4v) is 4.61. The van der Waals surface area contributed by atoms with Gasteiger partial charge in [0.05, 0.1) is 6.54 Å². The molecular weight excluding hydrogens is 332 g/mol. The van der Waals surface area contributed by atoms with Gasteiger partial charge < -0.3 is 4.90 Å². The summed E-state index contributed by atoms with van der Waals surface area (Å²) in [6, 6.07) is 0. The summed E-state index contributed by atoms with van der Waals surface area (Å²) in [4.78, 5) is 17.1. The van der Waals surface area contributed by atoms with Crippen LogP contribution in [0.25, 0.3) is 0 Å². The zero-order valence-electron chi connectivity index (χ0n) is 18.4. The molecule has 27 heavy (non-hydrogen) atoms. The average Bonchev–Trinajstić information content (AvgIpc) is 2.65. The van der Waals surface area contributed by atoms with Crippen LogP contribution in [-0.2, 0) is 4.79 Å². The summed E-state index contributed by atoms with van der Waals surface area (Å²) in [5.41, 5.74) is 0.414. The number of carbonyl (C=O) groups excluding carboxylic acids is 1. The van der Waals surface area contributed by atoms with Gasteiger partial charge in [-0.15, -0.1) is 0 Å². The van der Waals surface area contributed by atoms with E-state index < -0.39 is 0 Å². The van der Waals surface area contributed by atoms with Gasteiger partial charge in [-0.3, -0.25) is 9.69 Å². The Labute approximate surface area is 168 Å². The summed E-state index contributed by atoms with van der Waals surface area (Å²) in [6.45, 7) is 14.0. The Balaban J connectivity index is 1.68. The largest absolute Gasteiger partial charge is 0.341 e. The molecule has 2 rings (SSSR count). The van der Waals surface area contributed by atoms with Crippen LogP contribution in [0.2, 0.25) is 0 Å². The monoisotopic (exact) mass is 374 g/mol. The Morgan fingerprint density at radius 3 is 2.33 bits per heavy atom. The molecule has 1 spiro atoms. The molecule has 2 fully saturated rings. The lowest BCUT2D eigenvalue weighted by molar-refractivity contribution is -0.150. The first-order chi connectivity index (χ1) is 13.0. The predicted octanol–water partition coefficient (Wildman–Crippen LogP) is 4.96. The van der Waals surface area contributed by atoms with Crippen LogP contribution in [0.3, 0.4) is 0 Å². The first kappa shape index (κ1) is 22.3. The van der Waals surface area contributed by atoms with E-state index in [1.54, 1.807) is 0 Å². The highest BCUT2D eigenvalue weighted by molar-refractivity contribution is 5.79. The van der Waals surface area contributed by atoms with Gasteiger partial charge >= 0.3 is 0 Å². The lowest BCUT2D eigenvalue weighted by Crippen LogP contribution is -2.62. The van der Waals surface area contributed by atoms with Gasteiger partial charge in [0.25, 0.3) is 0 Å². The molecule has 0 aliphatic carbocycles. The van der Waals surface area contributed by atoms with E-state index in [9.17, 15) is 4.79 Å². The molecule has 0 aromatic carbocycles. The number of carbonyl (C=O) groups is 1. The molecule has 2 saturated heterocycles. The molecule has 154 valence electrons. The zero-order valence-corrected chi connectivity index (χ0v) is 18.4. The Morgan fingerprint density at radius 2 is 1.74 bits per heavy atom. The smallest absolute Gasteiger partial charge is 0.225 e. The third kappa shape index (κ3) is 6.53. The van der Waals surface area contributed by atoms with Crippen molar-refractivity contribution in [2.75, 3.05) is 32.7 Å². The van der Waals surface area contributed by atoms with E-state index in [2.05, 4.69) is 49.3 Å². The van der Waals surface area contributed by atoms with Crippen LogP contribution in [0, 0.1) is 29.1 Å². The number of unbranched alkanes of at least 4 members (excludes halogenated alkanes) is 2. The molecule has 1 amide bonds. The molecule has 2 unspecified atom stereocenters. The SMILES string of the molecule is CCCCCC(C#CCN1CCC2(CC1)CN(C(=O)C(C)CCC)C2)CC. The van der Waals surface area contributed by atoms with Crippen molar-refractivity contribution >= 4 is 5.91 Å². The Hall–Kier alpha value is -1.01. The van der Waals surface area contributed by atoms with Crippen molar-refractivity contribution in [1.82, 2.24) is 9.80 Å².